The zero-order valence-corrected chi connectivity index (χ0v) is 17.1. The molecule has 0 atom stereocenters. The Morgan fingerprint density at radius 3 is 2.36 bits per heavy atom. The van der Waals surface area contributed by atoms with Gasteiger partial charge in [0, 0.05) is 49.7 Å². The molecule has 2 aromatic carbocycles. The van der Waals surface area contributed by atoms with Crippen molar-refractivity contribution < 1.29 is 13.3 Å². The standard InChI is InChI=1S/C20H25N3O4S/c1-20(2)15-21(11-12-22(20)14-16-7-5-4-6-8-16)17-9-10-18(23(24)25)19(13-17)28(3,26)27/h4-10,13H,11-12,14-15H2,1-3H3. The van der Waals surface area contributed by atoms with Gasteiger partial charge in [-0.15, -0.1) is 0 Å². The van der Waals surface area contributed by atoms with Gasteiger partial charge >= 0.3 is 0 Å². The molecule has 1 saturated heterocycles. The van der Waals surface area contributed by atoms with Gasteiger partial charge in [-0.1, -0.05) is 30.3 Å². The molecule has 0 N–H and O–H groups in total. The maximum Gasteiger partial charge on any atom is 0.288 e. The van der Waals surface area contributed by atoms with Crippen molar-refractivity contribution in [1.29, 1.82) is 0 Å². The first-order valence-electron chi connectivity index (χ1n) is 9.10. The van der Waals surface area contributed by atoms with Crippen LogP contribution in [0.15, 0.2) is 53.4 Å². The van der Waals surface area contributed by atoms with Crippen molar-refractivity contribution in [3.05, 3.63) is 64.2 Å². The fourth-order valence-electron chi connectivity index (χ4n) is 3.65. The number of anilines is 1. The van der Waals surface area contributed by atoms with Crippen LogP contribution in [0.25, 0.3) is 0 Å². The third-order valence-electron chi connectivity index (χ3n) is 5.19. The van der Waals surface area contributed by atoms with Crippen LogP contribution in [0.1, 0.15) is 19.4 Å². The first kappa shape index (κ1) is 20.3. The summed E-state index contributed by atoms with van der Waals surface area (Å²) >= 11 is 0. The number of nitrogens with zero attached hydrogens (tertiary/aromatic N) is 3. The van der Waals surface area contributed by atoms with Gasteiger partial charge in [0.15, 0.2) is 9.84 Å². The number of nitro groups is 1. The van der Waals surface area contributed by atoms with Crippen molar-refractivity contribution in [3.63, 3.8) is 0 Å². The highest BCUT2D eigenvalue weighted by atomic mass is 32.2. The number of sulfone groups is 1. The minimum Gasteiger partial charge on any atom is -0.368 e. The molecule has 7 nitrogen and oxygen atoms in total. The van der Waals surface area contributed by atoms with Gasteiger partial charge in [-0.2, -0.15) is 0 Å². The molecule has 1 aliphatic heterocycles. The van der Waals surface area contributed by atoms with Gasteiger partial charge in [-0.05, 0) is 31.5 Å². The summed E-state index contributed by atoms with van der Waals surface area (Å²) in [6, 6.07) is 14.6. The van der Waals surface area contributed by atoms with Gasteiger partial charge in [0.1, 0.15) is 4.90 Å². The van der Waals surface area contributed by atoms with E-state index in [1.54, 1.807) is 6.07 Å². The molecule has 0 unspecified atom stereocenters. The Morgan fingerprint density at radius 1 is 1.11 bits per heavy atom. The molecule has 0 radical (unpaired) electrons. The fourth-order valence-corrected chi connectivity index (χ4v) is 4.51. The predicted molar refractivity (Wildman–Crippen MR) is 109 cm³/mol. The minimum atomic E-state index is -3.70. The number of hydrogen-bond acceptors (Lipinski definition) is 6. The van der Waals surface area contributed by atoms with Crippen LogP contribution in [0.3, 0.4) is 0 Å². The van der Waals surface area contributed by atoms with Crippen molar-refractivity contribution in [3.8, 4) is 0 Å². The van der Waals surface area contributed by atoms with Gasteiger partial charge in [0.05, 0.1) is 4.92 Å². The highest BCUT2D eigenvalue weighted by Gasteiger charge is 2.34. The highest BCUT2D eigenvalue weighted by molar-refractivity contribution is 7.90. The van der Waals surface area contributed by atoms with Crippen LogP contribution in [0.4, 0.5) is 11.4 Å². The van der Waals surface area contributed by atoms with Crippen LogP contribution >= 0.6 is 0 Å². The predicted octanol–water partition coefficient (Wildman–Crippen LogP) is 3.10. The van der Waals surface area contributed by atoms with Crippen LogP contribution in [0, 0.1) is 10.1 Å². The van der Waals surface area contributed by atoms with E-state index >= 15 is 0 Å². The van der Waals surface area contributed by atoms with Crippen molar-refractivity contribution in [1.82, 2.24) is 4.90 Å². The Kier molecular flexibility index (Phi) is 5.45. The van der Waals surface area contributed by atoms with Gasteiger partial charge in [-0.25, -0.2) is 8.42 Å². The highest BCUT2D eigenvalue weighted by Crippen LogP contribution is 2.32. The normalized spacial score (nSPS) is 17.5. The molecule has 3 rings (SSSR count). The summed E-state index contributed by atoms with van der Waals surface area (Å²) in [5, 5.41) is 11.2. The third kappa shape index (κ3) is 4.34. The van der Waals surface area contributed by atoms with Crippen LogP contribution < -0.4 is 4.90 Å². The van der Waals surface area contributed by atoms with E-state index in [0.29, 0.717) is 12.2 Å². The lowest BCUT2D eigenvalue weighted by molar-refractivity contribution is -0.387. The maximum atomic E-state index is 12.0. The molecular weight excluding hydrogens is 378 g/mol. The molecule has 28 heavy (non-hydrogen) atoms. The lowest BCUT2D eigenvalue weighted by Crippen LogP contribution is -2.58. The zero-order chi connectivity index (χ0) is 20.5. The second-order valence-electron chi connectivity index (χ2n) is 7.82. The number of rotatable bonds is 5. The Bertz CT molecular complexity index is 974. The van der Waals surface area contributed by atoms with E-state index in [4.69, 9.17) is 0 Å². The van der Waals surface area contributed by atoms with Crippen LogP contribution in [-0.4, -0.2) is 49.7 Å². The molecule has 0 aliphatic carbocycles. The Hall–Kier alpha value is -2.45. The van der Waals surface area contributed by atoms with E-state index in [0.717, 1.165) is 25.9 Å². The Labute approximate surface area is 165 Å². The van der Waals surface area contributed by atoms with Gasteiger partial charge in [0.25, 0.3) is 5.69 Å². The van der Waals surface area contributed by atoms with Gasteiger partial charge in [-0.3, -0.25) is 15.0 Å². The molecule has 0 spiro atoms. The SMILES string of the molecule is CC1(C)CN(c2ccc([N+](=O)[O-])c(S(C)(=O)=O)c2)CCN1Cc1ccccc1. The molecule has 8 heteroatoms. The van der Waals surface area contributed by atoms with E-state index in [9.17, 15) is 18.5 Å². The molecule has 1 fully saturated rings. The zero-order valence-electron chi connectivity index (χ0n) is 16.3. The number of hydrogen-bond donors (Lipinski definition) is 0. The van der Waals surface area contributed by atoms with Crippen LogP contribution in [0.5, 0.6) is 0 Å². The quantitative estimate of drug-likeness (QED) is 0.563. The van der Waals surface area contributed by atoms with E-state index in [-0.39, 0.29) is 16.1 Å². The van der Waals surface area contributed by atoms with E-state index < -0.39 is 14.8 Å². The average molecular weight is 404 g/mol. The van der Waals surface area contributed by atoms with E-state index in [2.05, 4.69) is 35.8 Å². The van der Waals surface area contributed by atoms with Crippen molar-refractivity contribution in [2.24, 2.45) is 0 Å². The lowest BCUT2D eigenvalue weighted by atomic mass is 9.97. The van der Waals surface area contributed by atoms with Crippen molar-refractivity contribution >= 4 is 21.2 Å². The van der Waals surface area contributed by atoms with E-state index in [1.807, 2.05) is 18.2 Å². The first-order valence-corrected chi connectivity index (χ1v) is 11.0. The third-order valence-corrected chi connectivity index (χ3v) is 6.32. The van der Waals surface area contributed by atoms with E-state index in [1.165, 1.54) is 17.7 Å². The Balaban J connectivity index is 1.84. The molecule has 0 bridgehead atoms. The van der Waals surface area contributed by atoms with Gasteiger partial charge in [0.2, 0.25) is 0 Å². The summed E-state index contributed by atoms with van der Waals surface area (Å²) in [6.07, 6.45) is 1.00. The minimum absolute atomic E-state index is 0.138. The molecule has 1 aliphatic rings. The van der Waals surface area contributed by atoms with Crippen molar-refractivity contribution in [2.45, 2.75) is 30.8 Å². The second-order valence-corrected chi connectivity index (χ2v) is 9.81. The smallest absolute Gasteiger partial charge is 0.288 e. The summed E-state index contributed by atoms with van der Waals surface area (Å²) in [5.74, 6) is 0. The molecular formula is C20H25N3O4S. The summed E-state index contributed by atoms with van der Waals surface area (Å²) in [7, 11) is -3.70. The van der Waals surface area contributed by atoms with Crippen LogP contribution in [0.2, 0.25) is 0 Å². The summed E-state index contributed by atoms with van der Waals surface area (Å²) in [6.45, 7) is 7.39. The maximum absolute atomic E-state index is 12.0. The topological polar surface area (TPSA) is 83.8 Å². The summed E-state index contributed by atoms with van der Waals surface area (Å²) in [4.78, 5) is 14.8. The van der Waals surface area contributed by atoms with Gasteiger partial charge < -0.3 is 4.90 Å². The first-order chi connectivity index (χ1) is 13.1. The van der Waals surface area contributed by atoms with Crippen molar-refractivity contribution in [2.75, 3.05) is 30.8 Å². The molecule has 0 aromatic heterocycles. The average Bonchev–Trinajstić information content (AvgIpc) is 2.62. The second kappa shape index (κ2) is 7.52. The number of benzene rings is 2. The molecule has 150 valence electrons. The monoisotopic (exact) mass is 403 g/mol. The largest absolute Gasteiger partial charge is 0.368 e. The molecule has 2 aromatic rings. The summed E-state index contributed by atoms with van der Waals surface area (Å²) < 4.78 is 24.1. The van der Waals surface area contributed by atoms with Crippen LogP contribution in [-0.2, 0) is 16.4 Å². The number of piperazine rings is 1. The molecule has 0 saturated carbocycles. The molecule has 1 heterocycles. The summed E-state index contributed by atoms with van der Waals surface area (Å²) in [5.41, 5.74) is 1.42. The Morgan fingerprint density at radius 2 is 1.79 bits per heavy atom. The molecule has 0 amide bonds. The fraction of sp³-hybridized carbons (Fsp3) is 0.400. The number of nitro benzene ring substituents is 1. The lowest BCUT2D eigenvalue weighted by Gasteiger charge is -2.48.